The van der Waals surface area contributed by atoms with Crippen molar-refractivity contribution in [1.29, 1.82) is 0 Å². The summed E-state index contributed by atoms with van der Waals surface area (Å²) >= 11 is 5.70. The molecule has 0 amide bonds. The second-order valence-corrected chi connectivity index (χ2v) is 4.03. The first-order valence-corrected chi connectivity index (χ1v) is 5.89. The van der Waals surface area contributed by atoms with E-state index in [9.17, 15) is 4.79 Å². The van der Waals surface area contributed by atoms with Gasteiger partial charge >= 0.3 is 18.0 Å². The van der Waals surface area contributed by atoms with Crippen LogP contribution in [0.25, 0.3) is 0 Å². The van der Waals surface area contributed by atoms with Gasteiger partial charge in [-0.15, -0.1) is 4.98 Å². The van der Waals surface area contributed by atoms with Crippen LogP contribution < -0.4 is 9.47 Å². The predicted molar refractivity (Wildman–Crippen MR) is 69.2 cm³/mol. The number of halogens is 1. The van der Waals surface area contributed by atoms with E-state index in [-0.39, 0.29) is 23.7 Å². The summed E-state index contributed by atoms with van der Waals surface area (Å²) in [7, 11) is 1.39. The van der Waals surface area contributed by atoms with Gasteiger partial charge in [0.05, 0.1) is 13.5 Å². The van der Waals surface area contributed by atoms with Crippen LogP contribution in [0, 0.1) is 0 Å². The topological polar surface area (TPSA) is 94.4 Å². The number of carboxylic acids is 1. The molecule has 0 fully saturated rings. The Labute approximate surface area is 119 Å². The van der Waals surface area contributed by atoms with Gasteiger partial charge in [-0.2, -0.15) is 9.97 Å². The van der Waals surface area contributed by atoms with Crippen LogP contribution in [0.5, 0.6) is 17.8 Å². The molecule has 0 aliphatic rings. The molecule has 1 aromatic carbocycles. The number of benzene rings is 1. The SMILES string of the molecule is COc1nc(Cl)nc(Oc2cccc(CC(=O)O)c2)n1. The number of rotatable bonds is 5. The summed E-state index contributed by atoms with van der Waals surface area (Å²) in [6.45, 7) is 0. The third-order valence-electron chi connectivity index (χ3n) is 2.21. The molecule has 1 aromatic heterocycles. The highest BCUT2D eigenvalue weighted by Gasteiger charge is 2.08. The first-order valence-electron chi connectivity index (χ1n) is 5.51. The van der Waals surface area contributed by atoms with Gasteiger partial charge < -0.3 is 14.6 Å². The van der Waals surface area contributed by atoms with Gasteiger partial charge in [-0.1, -0.05) is 12.1 Å². The van der Waals surface area contributed by atoms with E-state index < -0.39 is 5.97 Å². The Morgan fingerprint density at radius 2 is 2.05 bits per heavy atom. The van der Waals surface area contributed by atoms with E-state index in [1.54, 1.807) is 24.3 Å². The Morgan fingerprint density at radius 3 is 2.75 bits per heavy atom. The van der Waals surface area contributed by atoms with Crippen molar-refractivity contribution in [3.63, 3.8) is 0 Å². The highest BCUT2D eigenvalue weighted by atomic mass is 35.5. The summed E-state index contributed by atoms with van der Waals surface area (Å²) in [4.78, 5) is 22.0. The summed E-state index contributed by atoms with van der Waals surface area (Å²) in [5.74, 6) is -0.528. The van der Waals surface area contributed by atoms with Crippen molar-refractivity contribution in [2.45, 2.75) is 6.42 Å². The van der Waals surface area contributed by atoms with Crippen LogP contribution >= 0.6 is 11.6 Å². The Bertz CT molecular complexity index is 636. The molecular weight excluding hydrogens is 286 g/mol. The van der Waals surface area contributed by atoms with E-state index in [0.29, 0.717) is 11.3 Å². The number of carboxylic acid groups (broad SMARTS) is 1. The number of ether oxygens (including phenoxy) is 2. The summed E-state index contributed by atoms with van der Waals surface area (Å²) in [5.41, 5.74) is 0.599. The molecule has 0 spiro atoms. The number of hydrogen-bond donors (Lipinski definition) is 1. The molecule has 0 bridgehead atoms. The van der Waals surface area contributed by atoms with Crippen molar-refractivity contribution >= 4 is 17.6 Å². The predicted octanol–water partition coefficient (Wildman–Crippen LogP) is 1.95. The molecule has 0 unspecified atom stereocenters. The molecule has 0 aliphatic carbocycles. The van der Waals surface area contributed by atoms with E-state index in [2.05, 4.69) is 15.0 Å². The highest BCUT2D eigenvalue weighted by Crippen LogP contribution is 2.21. The van der Waals surface area contributed by atoms with Crippen LogP contribution in [0.1, 0.15) is 5.56 Å². The number of aliphatic carboxylic acids is 1. The number of nitrogens with zero attached hydrogens (tertiary/aromatic N) is 3. The first-order chi connectivity index (χ1) is 9.56. The smallest absolute Gasteiger partial charge is 0.329 e. The van der Waals surface area contributed by atoms with Crippen LogP contribution in [-0.2, 0) is 11.2 Å². The molecule has 0 radical (unpaired) electrons. The molecule has 0 saturated carbocycles. The molecular formula is C12H10ClN3O4. The molecule has 104 valence electrons. The largest absolute Gasteiger partial charge is 0.481 e. The zero-order valence-corrected chi connectivity index (χ0v) is 11.2. The van der Waals surface area contributed by atoms with E-state index >= 15 is 0 Å². The minimum Gasteiger partial charge on any atom is -0.481 e. The van der Waals surface area contributed by atoms with Crippen molar-refractivity contribution in [2.24, 2.45) is 0 Å². The normalized spacial score (nSPS) is 10.1. The molecule has 2 rings (SSSR count). The van der Waals surface area contributed by atoms with Crippen LogP contribution in [0.2, 0.25) is 5.28 Å². The van der Waals surface area contributed by atoms with Gasteiger partial charge in [0.25, 0.3) is 0 Å². The van der Waals surface area contributed by atoms with Crippen LogP contribution in [0.3, 0.4) is 0 Å². The second kappa shape index (κ2) is 6.16. The second-order valence-electron chi connectivity index (χ2n) is 3.69. The van der Waals surface area contributed by atoms with Crippen LogP contribution in [0.4, 0.5) is 0 Å². The van der Waals surface area contributed by atoms with Crippen molar-refractivity contribution in [3.05, 3.63) is 35.1 Å². The minimum atomic E-state index is -0.924. The number of hydrogen-bond acceptors (Lipinski definition) is 6. The van der Waals surface area contributed by atoms with E-state index in [0.717, 1.165) is 0 Å². The molecule has 8 heteroatoms. The Hall–Kier alpha value is -2.41. The Kier molecular flexibility index (Phi) is 4.31. The Balaban J connectivity index is 2.21. The fourth-order valence-electron chi connectivity index (χ4n) is 1.45. The van der Waals surface area contributed by atoms with Gasteiger partial charge in [-0.25, -0.2) is 0 Å². The van der Waals surface area contributed by atoms with Gasteiger partial charge in [0.15, 0.2) is 0 Å². The molecule has 1 heterocycles. The average Bonchev–Trinajstić information content (AvgIpc) is 2.37. The summed E-state index contributed by atoms with van der Waals surface area (Å²) in [6, 6.07) is 6.58. The molecule has 20 heavy (non-hydrogen) atoms. The first kappa shape index (κ1) is 14.0. The standard InChI is InChI=1S/C12H10ClN3O4/c1-19-11-14-10(13)15-12(16-11)20-8-4-2-3-7(5-8)6-9(17)18/h2-5H,6H2,1H3,(H,17,18). The summed E-state index contributed by atoms with van der Waals surface area (Å²) < 4.78 is 10.2. The molecule has 1 N–H and O–H groups in total. The lowest BCUT2D eigenvalue weighted by atomic mass is 10.1. The lowest BCUT2D eigenvalue weighted by molar-refractivity contribution is -0.136. The lowest BCUT2D eigenvalue weighted by Crippen LogP contribution is -2.01. The fourth-order valence-corrected chi connectivity index (χ4v) is 1.60. The number of methoxy groups -OCH3 is 1. The van der Waals surface area contributed by atoms with E-state index in [4.69, 9.17) is 26.2 Å². The monoisotopic (exact) mass is 295 g/mol. The van der Waals surface area contributed by atoms with Gasteiger partial charge in [-0.05, 0) is 29.3 Å². The zero-order valence-electron chi connectivity index (χ0n) is 10.4. The summed E-state index contributed by atoms with van der Waals surface area (Å²) in [6.07, 6.45) is -0.0987. The lowest BCUT2D eigenvalue weighted by Gasteiger charge is -2.06. The van der Waals surface area contributed by atoms with Crippen molar-refractivity contribution in [2.75, 3.05) is 7.11 Å². The maximum Gasteiger partial charge on any atom is 0.329 e. The number of carbonyl (C=O) groups is 1. The molecule has 2 aromatic rings. The minimum absolute atomic E-state index is 0.0293. The third-order valence-corrected chi connectivity index (χ3v) is 2.38. The molecule has 0 saturated heterocycles. The summed E-state index contributed by atoms with van der Waals surface area (Å²) in [5, 5.41) is 8.68. The maximum atomic E-state index is 10.7. The number of aromatic nitrogens is 3. The quantitative estimate of drug-likeness (QED) is 0.900. The maximum absolute atomic E-state index is 10.7. The molecule has 0 aliphatic heterocycles. The van der Waals surface area contributed by atoms with Crippen molar-refractivity contribution in [3.8, 4) is 17.8 Å². The fraction of sp³-hybridized carbons (Fsp3) is 0.167. The average molecular weight is 296 g/mol. The molecule has 7 nitrogen and oxygen atoms in total. The zero-order chi connectivity index (χ0) is 14.5. The van der Waals surface area contributed by atoms with Gasteiger partial charge in [-0.3, -0.25) is 4.79 Å². The Morgan fingerprint density at radius 1 is 1.30 bits per heavy atom. The highest BCUT2D eigenvalue weighted by molar-refractivity contribution is 6.28. The van der Waals surface area contributed by atoms with Crippen molar-refractivity contribution < 1.29 is 19.4 Å². The van der Waals surface area contributed by atoms with E-state index in [1.807, 2.05) is 0 Å². The van der Waals surface area contributed by atoms with Gasteiger partial charge in [0, 0.05) is 0 Å². The van der Waals surface area contributed by atoms with Gasteiger partial charge in [0.2, 0.25) is 5.28 Å². The van der Waals surface area contributed by atoms with Crippen LogP contribution in [-0.4, -0.2) is 33.1 Å². The third kappa shape index (κ3) is 3.79. The van der Waals surface area contributed by atoms with E-state index in [1.165, 1.54) is 7.11 Å². The molecule has 0 atom stereocenters. The van der Waals surface area contributed by atoms with Crippen LogP contribution in [0.15, 0.2) is 24.3 Å². The van der Waals surface area contributed by atoms with Crippen molar-refractivity contribution in [1.82, 2.24) is 15.0 Å². The van der Waals surface area contributed by atoms with Gasteiger partial charge in [0.1, 0.15) is 5.75 Å².